The number of likely N-dealkylation sites (N-methyl/N-ethyl adjacent to an activating group) is 1. The third-order valence-electron chi connectivity index (χ3n) is 5.88. The van der Waals surface area contributed by atoms with E-state index in [1.54, 1.807) is 26.1 Å². The molecule has 0 atom stereocenters. The van der Waals surface area contributed by atoms with E-state index < -0.39 is 0 Å². The maximum atomic E-state index is 12.0. The molecule has 0 radical (unpaired) electrons. The Morgan fingerprint density at radius 3 is 2.50 bits per heavy atom. The van der Waals surface area contributed by atoms with Gasteiger partial charge in [0.05, 0.1) is 26.3 Å². The van der Waals surface area contributed by atoms with E-state index in [-0.39, 0.29) is 18.6 Å². The average Bonchev–Trinajstić information content (AvgIpc) is 3.44. The number of benzene rings is 1. The van der Waals surface area contributed by atoms with Crippen molar-refractivity contribution in [3.63, 3.8) is 0 Å². The first-order chi connectivity index (χ1) is 14.5. The van der Waals surface area contributed by atoms with Gasteiger partial charge in [-0.25, -0.2) is 4.99 Å². The minimum atomic E-state index is 0.0191. The molecular formula is C23H36N4O3. The lowest BCUT2D eigenvalue weighted by Gasteiger charge is -2.19. The number of ether oxygens (including phenoxy) is 2. The Morgan fingerprint density at radius 2 is 1.83 bits per heavy atom. The van der Waals surface area contributed by atoms with E-state index >= 15 is 0 Å². The molecule has 7 heteroatoms. The zero-order valence-corrected chi connectivity index (χ0v) is 18.6. The molecule has 166 valence electrons. The van der Waals surface area contributed by atoms with Gasteiger partial charge in [0.1, 0.15) is 11.5 Å². The van der Waals surface area contributed by atoms with Gasteiger partial charge >= 0.3 is 0 Å². The maximum Gasteiger partial charge on any atom is 0.241 e. The number of methoxy groups -OCH3 is 1. The number of hydrogen-bond donors (Lipinski definition) is 2. The molecule has 2 N–H and O–H groups in total. The summed E-state index contributed by atoms with van der Waals surface area (Å²) in [6.45, 7) is 0.698. The largest absolute Gasteiger partial charge is 0.497 e. The molecule has 0 heterocycles. The SMILES string of the molecule is COc1ccc(CN=C(NCC(=O)N(C)C)NC2CCCC2)c(OC2CCCC2)c1. The minimum absolute atomic E-state index is 0.0191. The fourth-order valence-corrected chi connectivity index (χ4v) is 3.99. The van der Waals surface area contributed by atoms with Crippen LogP contribution in [0.4, 0.5) is 0 Å². The molecular weight excluding hydrogens is 380 g/mol. The second kappa shape index (κ2) is 11.1. The van der Waals surface area contributed by atoms with E-state index in [1.165, 1.54) is 25.7 Å². The number of nitrogens with one attached hydrogen (secondary N) is 2. The first-order valence-corrected chi connectivity index (χ1v) is 11.1. The van der Waals surface area contributed by atoms with Gasteiger partial charge in [-0.15, -0.1) is 0 Å². The van der Waals surface area contributed by atoms with Crippen LogP contribution in [-0.4, -0.2) is 56.7 Å². The number of rotatable bonds is 8. The molecule has 0 saturated heterocycles. The summed E-state index contributed by atoms with van der Waals surface area (Å²) >= 11 is 0. The van der Waals surface area contributed by atoms with Gasteiger partial charge in [0.15, 0.2) is 5.96 Å². The van der Waals surface area contributed by atoms with Crippen molar-refractivity contribution in [1.82, 2.24) is 15.5 Å². The van der Waals surface area contributed by atoms with Gasteiger partial charge in [0.25, 0.3) is 0 Å². The van der Waals surface area contributed by atoms with E-state index in [1.807, 2.05) is 18.2 Å². The van der Waals surface area contributed by atoms with Gasteiger partial charge in [0.2, 0.25) is 5.91 Å². The second-order valence-electron chi connectivity index (χ2n) is 8.43. The molecule has 1 aromatic rings. The molecule has 1 amide bonds. The third-order valence-corrected chi connectivity index (χ3v) is 5.88. The van der Waals surface area contributed by atoms with Gasteiger partial charge in [0, 0.05) is 31.8 Å². The zero-order chi connectivity index (χ0) is 21.3. The van der Waals surface area contributed by atoms with Crippen LogP contribution in [0.2, 0.25) is 0 Å². The van der Waals surface area contributed by atoms with Crippen molar-refractivity contribution in [2.24, 2.45) is 4.99 Å². The van der Waals surface area contributed by atoms with E-state index in [0.29, 0.717) is 18.5 Å². The molecule has 2 aliphatic carbocycles. The summed E-state index contributed by atoms with van der Waals surface area (Å²) in [5, 5.41) is 6.69. The number of carbonyl (C=O) groups excluding carboxylic acids is 1. The number of amides is 1. The number of carbonyl (C=O) groups is 1. The van der Waals surface area contributed by atoms with Crippen LogP contribution in [0, 0.1) is 0 Å². The molecule has 2 saturated carbocycles. The number of hydrogen-bond acceptors (Lipinski definition) is 4. The molecule has 0 bridgehead atoms. The van der Waals surface area contributed by atoms with Crippen molar-refractivity contribution in [2.75, 3.05) is 27.7 Å². The summed E-state index contributed by atoms with van der Waals surface area (Å²) in [4.78, 5) is 18.4. The Balaban J connectivity index is 1.72. The lowest BCUT2D eigenvalue weighted by molar-refractivity contribution is -0.127. The first kappa shape index (κ1) is 22.2. The van der Waals surface area contributed by atoms with Crippen LogP contribution in [0.1, 0.15) is 56.9 Å². The van der Waals surface area contributed by atoms with Gasteiger partial charge < -0.3 is 25.0 Å². The Labute approximate surface area is 180 Å². The molecule has 0 aromatic heterocycles. The summed E-state index contributed by atoms with van der Waals surface area (Å²) in [7, 11) is 5.19. The Hall–Kier alpha value is -2.44. The number of guanidine groups is 1. The standard InChI is InChI=1S/C23H36N4O3/c1-27(2)22(28)16-25-23(26-18-8-4-5-9-18)24-15-17-12-13-20(29-3)14-21(17)30-19-10-6-7-11-19/h12-14,18-19H,4-11,15-16H2,1-3H3,(H2,24,25,26). The molecule has 0 spiro atoms. The molecule has 2 aliphatic rings. The average molecular weight is 417 g/mol. The van der Waals surface area contributed by atoms with E-state index in [2.05, 4.69) is 10.6 Å². The van der Waals surface area contributed by atoms with Crippen molar-refractivity contribution in [1.29, 1.82) is 0 Å². The molecule has 7 nitrogen and oxygen atoms in total. The fourth-order valence-electron chi connectivity index (χ4n) is 3.99. The summed E-state index contributed by atoms with van der Waals surface area (Å²) < 4.78 is 11.7. The Bertz CT molecular complexity index is 723. The highest BCUT2D eigenvalue weighted by Gasteiger charge is 2.19. The highest BCUT2D eigenvalue weighted by molar-refractivity contribution is 5.86. The monoisotopic (exact) mass is 416 g/mol. The predicted octanol–water partition coefficient (Wildman–Crippen LogP) is 3.08. The van der Waals surface area contributed by atoms with Crippen molar-refractivity contribution >= 4 is 11.9 Å². The van der Waals surface area contributed by atoms with E-state index in [4.69, 9.17) is 14.5 Å². The molecule has 0 unspecified atom stereocenters. The summed E-state index contributed by atoms with van der Waals surface area (Å²) in [5.41, 5.74) is 1.02. The first-order valence-electron chi connectivity index (χ1n) is 11.1. The van der Waals surface area contributed by atoms with Crippen LogP contribution in [0.5, 0.6) is 11.5 Å². The third kappa shape index (κ3) is 6.54. The van der Waals surface area contributed by atoms with Crippen molar-refractivity contribution in [2.45, 2.75) is 70.1 Å². The summed E-state index contributed by atoms with van der Waals surface area (Å²) in [6, 6.07) is 6.33. The van der Waals surface area contributed by atoms with Gasteiger partial charge in [-0.3, -0.25) is 4.79 Å². The molecule has 30 heavy (non-hydrogen) atoms. The van der Waals surface area contributed by atoms with Crippen LogP contribution in [0.3, 0.4) is 0 Å². The van der Waals surface area contributed by atoms with Crippen LogP contribution in [0.15, 0.2) is 23.2 Å². The summed E-state index contributed by atoms with van der Waals surface area (Å²) in [6.07, 6.45) is 9.67. The minimum Gasteiger partial charge on any atom is -0.497 e. The maximum absolute atomic E-state index is 12.0. The van der Waals surface area contributed by atoms with Crippen LogP contribution < -0.4 is 20.1 Å². The smallest absolute Gasteiger partial charge is 0.241 e. The Morgan fingerprint density at radius 1 is 1.13 bits per heavy atom. The molecule has 2 fully saturated rings. The van der Waals surface area contributed by atoms with Crippen LogP contribution >= 0.6 is 0 Å². The number of aliphatic imine (C=N–C) groups is 1. The van der Waals surface area contributed by atoms with Gasteiger partial charge in [-0.05, 0) is 50.7 Å². The summed E-state index contributed by atoms with van der Waals surface area (Å²) in [5.74, 6) is 2.33. The Kier molecular flexibility index (Phi) is 8.22. The fraction of sp³-hybridized carbons (Fsp3) is 0.652. The van der Waals surface area contributed by atoms with E-state index in [0.717, 1.165) is 42.7 Å². The zero-order valence-electron chi connectivity index (χ0n) is 18.6. The lowest BCUT2D eigenvalue weighted by atomic mass is 10.2. The predicted molar refractivity (Wildman–Crippen MR) is 119 cm³/mol. The number of nitrogens with zero attached hydrogens (tertiary/aromatic N) is 2. The van der Waals surface area contributed by atoms with Gasteiger partial charge in [-0.2, -0.15) is 0 Å². The molecule has 3 rings (SSSR count). The molecule has 0 aliphatic heterocycles. The highest BCUT2D eigenvalue weighted by Crippen LogP contribution is 2.30. The van der Waals surface area contributed by atoms with Crippen molar-refractivity contribution in [3.8, 4) is 11.5 Å². The molecule has 1 aromatic carbocycles. The van der Waals surface area contributed by atoms with Crippen molar-refractivity contribution in [3.05, 3.63) is 23.8 Å². The normalized spacial score (nSPS) is 17.8. The van der Waals surface area contributed by atoms with Gasteiger partial charge in [-0.1, -0.05) is 12.8 Å². The van der Waals surface area contributed by atoms with Crippen molar-refractivity contribution < 1.29 is 14.3 Å². The van der Waals surface area contributed by atoms with Crippen LogP contribution in [0.25, 0.3) is 0 Å². The lowest BCUT2D eigenvalue weighted by Crippen LogP contribution is -2.46. The topological polar surface area (TPSA) is 75.2 Å². The van der Waals surface area contributed by atoms with Crippen LogP contribution in [-0.2, 0) is 11.3 Å². The second-order valence-corrected chi connectivity index (χ2v) is 8.43. The van der Waals surface area contributed by atoms with E-state index in [9.17, 15) is 4.79 Å². The quantitative estimate of drug-likeness (QED) is 0.503. The highest BCUT2D eigenvalue weighted by atomic mass is 16.5.